The van der Waals surface area contributed by atoms with E-state index in [1.165, 1.54) is 0 Å². The summed E-state index contributed by atoms with van der Waals surface area (Å²) in [4.78, 5) is 44.3. The molecule has 2 heterocycles. The van der Waals surface area contributed by atoms with Crippen LogP contribution in [0.25, 0.3) is 0 Å². The number of hydrogen-bond acceptors (Lipinski definition) is 5. The Balaban J connectivity index is 1.79. The van der Waals surface area contributed by atoms with Gasteiger partial charge in [0.15, 0.2) is 0 Å². The molecule has 2 fully saturated rings. The summed E-state index contributed by atoms with van der Waals surface area (Å²) in [7, 11) is 0. The molecule has 1 aromatic carbocycles. The smallest absolute Gasteiger partial charge is 0.411 e. The van der Waals surface area contributed by atoms with Crippen LogP contribution in [0.5, 0.6) is 0 Å². The van der Waals surface area contributed by atoms with Gasteiger partial charge in [-0.25, -0.2) is 4.79 Å². The zero-order valence-electron chi connectivity index (χ0n) is 19.5. The van der Waals surface area contributed by atoms with Crippen molar-refractivity contribution in [1.29, 1.82) is 0 Å². The van der Waals surface area contributed by atoms with Crippen molar-refractivity contribution in [3.8, 4) is 0 Å². The van der Waals surface area contributed by atoms with E-state index in [1.807, 2.05) is 42.5 Å². The Labute approximate surface area is 196 Å². The molecule has 180 valence electrons. The maximum absolute atomic E-state index is 13.4. The van der Waals surface area contributed by atoms with Gasteiger partial charge >= 0.3 is 6.09 Å². The predicted octanol–water partition coefficient (Wildman–Crippen LogP) is 2.88. The maximum Gasteiger partial charge on any atom is 0.411 e. The third-order valence-electron chi connectivity index (χ3n) is 6.16. The summed E-state index contributed by atoms with van der Waals surface area (Å²) in [5.41, 5.74) is 6.67. The lowest BCUT2D eigenvalue weighted by Crippen LogP contribution is -2.71. The fourth-order valence-electron chi connectivity index (χ4n) is 4.45. The number of benzene rings is 1. The first-order valence-electron chi connectivity index (χ1n) is 12.0. The minimum Gasteiger partial charge on any atom is -0.445 e. The van der Waals surface area contributed by atoms with E-state index in [0.717, 1.165) is 31.2 Å². The Morgan fingerprint density at radius 2 is 1.97 bits per heavy atom. The van der Waals surface area contributed by atoms with Crippen LogP contribution in [-0.2, 0) is 20.9 Å². The lowest BCUT2D eigenvalue weighted by Gasteiger charge is -2.51. The van der Waals surface area contributed by atoms with Gasteiger partial charge in [0.25, 0.3) is 0 Å². The van der Waals surface area contributed by atoms with Gasteiger partial charge in [0.05, 0.1) is 6.54 Å². The number of amides is 3. The summed E-state index contributed by atoms with van der Waals surface area (Å²) in [5, 5.41) is 0. The highest BCUT2D eigenvalue weighted by Crippen LogP contribution is 2.29. The largest absolute Gasteiger partial charge is 0.445 e. The van der Waals surface area contributed by atoms with Crippen molar-refractivity contribution >= 4 is 17.9 Å². The third kappa shape index (κ3) is 6.35. The van der Waals surface area contributed by atoms with Crippen LogP contribution in [-0.4, -0.2) is 71.1 Å². The summed E-state index contributed by atoms with van der Waals surface area (Å²) in [6, 6.07) is 9.17. The van der Waals surface area contributed by atoms with E-state index in [9.17, 15) is 14.4 Å². The van der Waals surface area contributed by atoms with Gasteiger partial charge in [0.2, 0.25) is 11.8 Å². The minimum atomic E-state index is -0.591. The molecule has 0 radical (unpaired) electrons. The molecule has 33 heavy (non-hydrogen) atoms. The van der Waals surface area contributed by atoms with Gasteiger partial charge in [-0.15, -0.1) is 0 Å². The number of piperazine rings is 1. The molecule has 2 aliphatic heterocycles. The van der Waals surface area contributed by atoms with E-state index in [0.29, 0.717) is 26.1 Å². The molecule has 2 saturated heterocycles. The van der Waals surface area contributed by atoms with Gasteiger partial charge in [-0.3, -0.25) is 14.5 Å². The number of nitrogens with zero attached hydrogens (tertiary/aromatic N) is 3. The number of fused-ring (bicyclic) bond motifs is 1. The van der Waals surface area contributed by atoms with Crippen LogP contribution in [0, 0.1) is 0 Å². The molecule has 3 amide bonds. The summed E-state index contributed by atoms with van der Waals surface area (Å²) < 4.78 is 5.47. The number of unbranched alkanes of at least 4 members (excludes halogenated alkanes) is 2. The van der Waals surface area contributed by atoms with E-state index < -0.39 is 18.3 Å². The monoisotopic (exact) mass is 456 g/mol. The molecule has 0 saturated carbocycles. The van der Waals surface area contributed by atoms with E-state index in [1.54, 1.807) is 14.7 Å². The second-order valence-corrected chi connectivity index (χ2v) is 8.57. The standard InChI is InChI=1S/C25H36N4O4/c1-2-3-4-10-17-33-25(32)28-16-14-23(30)29-21(13-8-9-15-26)24(31)27(19-22(28)29)18-20-11-6-5-7-12-20/h4-7,10-12,21-22H,2-3,8-9,13-19,26H2,1H3/b10-4+. The van der Waals surface area contributed by atoms with Crippen molar-refractivity contribution in [1.82, 2.24) is 14.7 Å². The van der Waals surface area contributed by atoms with Crippen molar-refractivity contribution in [2.24, 2.45) is 5.73 Å². The second kappa shape index (κ2) is 12.4. The number of carbonyl (C=O) groups excluding carboxylic acids is 3. The lowest BCUT2D eigenvalue weighted by atomic mass is 9.98. The van der Waals surface area contributed by atoms with Crippen LogP contribution in [0.3, 0.4) is 0 Å². The fourth-order valence-corrected chi connectivity index (χ4v) is 4.45. The molecule has 8 heteroatoms. The predicted molar refractivity (Wildman–Crippen MR) is 126 cm³/mol. The zero-order chi connectivity index (χ0) is 23.6. The van der Waals surface area contributed by atoms with E-state index in [-0.39, 0.29) is 31.4 Å². The van der Waals surface area contributed by atoms with E-state index >= 15 is 0 Å². The lowest BCUT2D eigenvalue weighted by molar-refractivity contribution is -0.168. The van der Waals surface area contributed by atoms with Crippen LogP contribution in [0.15, 0.2) is 42.5 Å². The highest BCUT2D eigenvalue weighted by atomic mass is 16.6. The van der Waals surface area contributed by atoms with Crippen LogP contribution in [0.4, 0.5) is 4.79 Å². The van der Waals surface area contributed by atoms with Gasteiger partial charge in [0, 0.05) is 19.5 Å². The number of carbonyl (C=O) groups is 3. The Morgan fingerprint density at radius 1 is 1.18 bits per heavy atom. The van der Waals surface area contributed by atoms with Crippen LogP contribution in [0.2, 0.25) is 0 Å². The summed E-state index contributed by atoms with van der Waals surface area (Å²) in [6.45, 7) is 3.83. The van der Waals surface area contributed by atoms with Crippen molar-refractivity contribution in [3.63, 3.8) is 0 Å². The molecule has 1 aromatic rings. The molecule has 2 atom stereocenters. The van der Waals surface area contributed by atoms with E-state index in [4.69, 9.17) is 10.5 Å². The van der Waals surface area contributed by atoms with Gasteiger partial charge in [-0.2, -0.15) is 0 Å². The zero-order valence-corrected chi connectivity index (χ0v) is 19.5. The quantitative estimate of drug-likeness (QED) is 0.431. The molecule has 2 N–H and O–H groups in total. The highest BCUT2D eigenvalue weighted by molar-refractivity contribution is 5.90. The molecular weight excluding hydrogens is 420 g/mol. The molecule has 0 spiro atoms. The molecular formula is C25H36N4O4. The second-order valence-electron chi connectivity index (χ2n) is 8.57. The molecule has 2 unspecified atom stereocenters. The van der Waals surface area contributed by atoms with Crippen molar-refractivity contribution in [2.45, 2.75) is 64.2 Å². The molecule has 0 bridgehead atoms. The highest BCUT2D eigenvalue weighted by Gasteiger charge is 2.48. The van der Waals surface area contributed by atoms with Gasteiger partial charge in [-0.1, -0.05) is 55.8 Å². The van der Waals surface area contributed by atoms with Crippen LogP contribution < -0.4 is 5.73 Å². The van der Waals surface area contributed by atoms with Gasteiger partial charge in [0.1, 0.15) is 18.8 Å². The number of rotatable bonds is 10. The average molecular weight is 457 g/mol. The van der Waals surface area contributed by atoms with Crippen molar-refractivity contribution < 1.29 is 19.1 Å². The molecule has 3 rings (SSSR count). The SMILES string of the molecule is CCC/C=C/COC(=O)N1CCC(=O)N2C(CCCCN)C(=O)N(Cc3ccccc3)CC12. The number of hydrogen-bond donors (Lipinski definition) is 1. The Hall–Kier alpha value is -2.87. The fraction of sp³-hybridized carbons (Fsp3) is 0.560. The van der Waals surface area contributed by atoms with Crippen LogP contribution in [0.1, 0.15) is 51.0 Å². The summed E-state index contributed by atoms with van der Waals surface area (Å²) in [6.07, 6.45) is 7.09. The maximum atomic E-state index is 13.4. The Kier molecular flexibility index (Phi) is 9.30. The normalized spacial score (nSPS) is 21.0. The minimum absolute atomic E-state index is 0.0711. The first-order chi connectivity index (χ1) is 16.1. The molecule has 2 aliphatic rings. The topological polar surface area (TPSA) is 96.2 Å². The average Bonchev–Trinajstić information content (AvgIpc) is 2.82. The van der Waals surface area contributed by atoms with Crippen molar-refractivity contribution in [3.05, 3.63) is 48.0 Å². The first-order valence-corrected chi connectivity index (χ1v) is 12.0. The van der Waals surface area contributed by atoms with Crippen molar-refractivity contribution in [2.75, 3.05) is 26.2 Å². The number of nitrogens with two attached hydrogens (primary N) is 1. The first kappa shape index (κ1) is 24.8. The number of allylic oxidation sites excluding steroid dienone is 1. The van der Waals surface area contributed by atoms with Gasteiger partial charge < -0.3 is 20.3 Å². The van der Waals surface area contributed by atoms with Gasteiger partial charge in [-0.05, 0) is 37.8 Å². The molecule has 8 nitrogen and oxygen atoms in total. The van der Waals surface area contributed by atoms with Crippen LogP contribution >= 0.6 is 0 Å². The Bertz CT molecular complexity index is 829. The Morgan fingerprint density at radius 3 is 2.70 bits per heavy atom. The summed E-state index contributed by atoms with van der Waals surface area (Å²) in [5.74, 6) is -0.157. The number of ether oxygens (including phenoxy) is 1. The van der Waals surface area contributed by atoms with E-state index in [2.05, 4.69) is 6.92 Å². The summed E-state index contributed by atoms with van der Waals surface area (Å²) >= 11 is 0. The molecule has 0 aliphatic carbocycles. The molecule has 0 aromatic heterocycles. The third-order valence-corrected chi connectivity index (χ3v) is 6.16.